The Morgan fingerprint density at radius 1 is 1.00 bits per heavy atom. The van der Waals surface area contributed by atoms with Gasteiger partial charge < -0.3 is 10.5 Å². The first-order valence-corrected chi connectivity index (χ1v) is 6.66. The lowest BCUT2D eigenvalue weighted by atomic mass is 10.1. The number of hydrogen-bond acceptors (Lipinski definition) is 2. The molecule has 0 spiro atoms. The molecule has 102 valence electrons. The van der Waals surface area contributed by atoms with E-state index in [-0.39, 0.29) is 0 Å². The lowest BCUT2D eigenvalue weighted by Gasteiger charge is -2.08. The molecule has 0 aliphatic rings. The highest BCUT2D eigenvalue weighted by Gasteiger charge is 1.98. The van der Waals surface area contributed by atoms with Crippen LogP contribution >= 0.6 is 0 Å². The standard InChI is InChI=1S/C18H19NO/c1-14-10-15(2)12-18(11-14)20-13-17-7-5-16(6-8-17)4-3-9-19/h5-8,10-12H,9,13,19H2,1-2H3. The van der Waals surface area contributed by atoms with Gasteiger partial charge in [0.25, 0.3) is 0 Å². The number of nitrogens with two attached hydrogens (primary N) is 1. The molecule has 2 aromatic rings. The molecule has 0 bridgehead atoms. The van der Waals surface area contributed by atoms with Gasteiger partial charge >= 0.3 is 0 Å². The summed E-state index contributed by atoms with van der Waals surface area (Å²) in [5.41, 5.74) is 9.88. The molecule has 2 rings (SSSR count). The summed E-state index contributed by atoms with van der Waals surface area (Å²) < 4.78 is 5.82. The van der Waals surface area contributed by atoms with E-state index >= 15 is 0 Å². The van der Waals surface area contributed by atoms with Gasteiger partial charge in [0.2, 0.25) is 0 Å². The molecule has 2 N–H and O–H groups in total. The molecule has 0 atom stereocenters. The van der Waals surface area contributed by atoms with Gasteiger partial charge in [0.05, 0.1) is 6.54 Å². The van der Waals surface area contributed by atoms with E-state index in [1.54, 1.807) is 0 Å². The first-order chi connectivity index (χ1) is 9.67. The Labute approximate surface area is 120 Å². The zero-order valence-corrected chi connectivity index (χ0v) is 11.9. The van der Waals surface area contributed by atoms with Gasteiger partial charge in [-0.15, -0.1) is 0 Å². The summed E-state index contributed by atoms with van der Waals surface area (Å²) in [4.78, 5) is 0. The van der Waals surface area contributed by atoms with Crippen molar-refractivity contribution >= 4 is 0 Å². The molecule has 0 amide bonds. The Balaban J connectivity index is 2.00. The normalized spacial score (nSPS) is 9.75. The highest BCUT2D eigenvalue weighted by atomic mass is 16.5. The Kier molecular flexibility index (Phi) is 4.81. The Morgan fingerprint density at radius 3 is 2.25 bits per heavy atom. The van der Waals surface area contributed by atoms with Crippen LogP contribution in [0.1, 0.15) is 22.3 Å². The molecule has 0 radical (unpaired) electrons. The van der Waals surface area contributed by atoms with Crippen molar-refractivity contribution in [1.82, 2.24) is 0 Å². The summed E-state index contributed by atoms with van der Waals surface area (Å²) >= 11 is 0. The van der Waals surface area contributed by atoms with Gasteiger partial charge in [-0.3, -0.25) is 0 Å². The van der Waals surface area contributed by atoms with Crippen molar-refractivity contribution in [2.75, 3.05) is 6.54 Å². The maximum Gasteiger partial charge on any atom is 0.120 e. The number of rotatable bonds is 3. The van der Waals surface area contributed by atoms with Gasteiger partial charge in [-0.05, 0) is 54.8 Å². The fraction of sp³-hybridized carbons (Fsp3) is 0.222. The lowest BCUT2D eigenvalue weighted by molar-refractivity contribution is 0.306. The third-order valence-electron chi connectivity index (χ3n) is 2.89. The van der Waals surface area contributed by atoms with Gasteiger partial charge in [-0.2, -0.15) is 0 Å². The minimum absolute atomic E-state index is 0.386. The van der Waals surface area contributed by atoms with Crippen LogP contribution in [-0.4, -0.2) is 6.54 Å². The number of aryl methyl sites for hydroxylation is 2. The third-order valence-corrected chi connectivity index (χ3v) is 2.89. The highest BCUT2D eigenvalue weighted by Crippen LogP contribution is 2.17. The molecule has 0 aliphatic carbocycles. The summed E-state index contributed by atoms with van der Waals surface area (Å²) in [6, 6.07) is 14.3. The van der Waals surface area contributed by atoms with Crippen LogP contribution in [0.5, 0.6) is 5.75 Å². The summed E-state index contributed by atoms with van der Waals surface area (Å²) in [6.07, 6.45) is 0. The van der Waals surface area contributed by atoms with E-state index in [1.807, 2.05) is 36.4 Å². The second-order valence-corrected chi connectivity index (χ2v) is 4.81. The summed E-state index contributed by atoms with van der Waals surface area (Å²) in [5, 5.41) is 0. The lowest BCUT2D eigenvalue weighted by Crippen LogP contribution is -1.96. The minimum Gasteiger partial charge on any atom is -0.489 e. The smallest absolute Gasteiger partial charge is 0.120 e. The molecule has 0 fully saturated rings. The average molecular weight is 265 g/mol. The fourth-order valence-electron chi connectivity index (χ4n) is 2.02. The summed E-state index contributed by atoms with van der Waals surface area (Å²) in [6.45, 7) is 5.10. The summed E-state index contributed by atoms with van der Waals surface area (Å²) in [7, 11) is 0. The second kappa shape index (κ2) is 6.79. The van der Waals surface area contributed by atoms with Crippen molar-refractivity contribution in [2.45, 2.75) is 20.5 Å². The van der Waals surface area contributed by atoms with E-state index < -0.39 is 0 Å². The monoisotopic (exact) mass is 265 g/mol. The van der Waals surface area contributed by atoms with E-state index in [0.717, 1.165) is 16.9 Å². The number of hydrogen-bond donors (Lipinski definition) is 1. The van der Waals surface area contributed by atoms with Crippen molar-refractivity contribution in [3.63, 3.8) is 0 Å². The quantitative estimate of drug-likeness (QED) is 0.865. The predicted octanol–water partition coefficient (Wildman–Crippen LogP) is 3.19. The van der Waals surface area contributed by atoms with Gasteiger partial charge in [0.15, 0.2) is 0 Å². The molecule has 2 nitrogen and oxygen atoms in total. The van der Waals surface area contributed by atoms with Crippen LogP contribution in [0.15, 0.2) is 42.5 Å². The van der Waals surface area contributed by atoms with Crippen molar-refractivity contribution < 1.29 is 4.74 Å². The topological polar surface area (TPSA) is 35.2 Å². The van der Waals surface area contributed by atoms with E-state index in [9.17, 15) is 0 Å². The highest BCUT2D eigenvalue weighted by molar-refractivity contribution is 5.37. The van der Waals surface area contributed by atoms with E-state index in [4.69, 9.17) is 10.5 Å². The van der Waals surface area contributed by atoms with Gasteiger partial charge in [-0.25, -0.2) is 0 Å². The van der Waals surface area contributed by atoms with E-state index in [2.05, 4.69) is 31.8 Å². The second-order valence-electron chi connectivity index (χ2n) is 4.81. The molecule has 20 heavy (non-hydrogen) atoms. The molecule has 0 saturated carbocycles. The van der Waals surface area contributed by atoms with Crippen LogP contribution in [0.3, 0.4) is 0 Å². The SMILES string of the molecule is Cc1cc(C)cc(OCc2ccc(C#CCN)cc2)c1. The first kappa shape index (κ1) is 14.2. The molecular weight excluding hydrogens is 246 g/mol. The van der Waals surface area contributed by atoms with Gasteiger partial charge in [0.1, 0.15) is 12.4 Å². The van der Waals surface area contributed by atoms with Crippen LogP contribution < -0.4 is 10.5 Å². The predicted molar refractivity (Wildman–Crippen MR) is 82.6 cm³/mol. The average Bonchev–Trinajstić information content (AvgIpc) is 2.43. The largest absolute Gasteiger partial charge is 0.489 e. The zero-order chi connectivity index (χ0) is 14.4. The molecule has 0 unspecified atom stereocenters. The maximum atomic E-state index is 5.82. The van der Waals surface area contributed by atoms with Gasteiger partial charge in [-0.1, -0.05) is 30.0 Å². The summed E-state index contributed by atoms with van der Waals surface area (Å²) in [5.74, 6) is 6.76. The molecule has 2 heteroatoms. The van der Waals surface area contributed by atoms with Crippen LogP contribution in [0.4, 0.5) is 0 Å². The Bertz CT molecular complexity index is 612. The Hall–Kier alpha value is -2.24. The van der Waals surface area contributed by atoms with E-state index in [0.29, 0.717) is 13.2 Å². The molecule has 0 heterocycles. The molecular formula is C18H19NO. The Morgan fingerprint density at radius 2 is 1.65 bits per heavy atom. The molecule has 0 aromatic heterocycles. The third kappa shape index (κ3) is 4.15. The molecule has 0 aliphatic heterocycles. The zero-order valence-electron chi connectivity index (χ0n) is 11.9. The first-order valence-electron chi connectivity index (χ1n) is 6.66. The van der Waals surface area contributed by atoms with Crippen LogP contribution in [-0.2, 0) is 6.61 Å². The number of ether oxygens (including phenoxy) is 1. The maximum absolute atomic E-state index is 5.82. The van der Waals surface area contributed by atoms with Crippen LogP contribution in [0.25, 0.3) is 0 Å². The molecule has 0 saturated heterocycles. The van der Waals surface area contributed by atoms with Crippen molar-refractivity contribution in [2.24, 2.45) is 5.73 Å². The molecule has 2 aromatic carbocycles. The fourth-order valence-corrected chi connectivity index (χ4v) is 2.02. The van der Waals surface area contributed by atoms with Crippen LogP contribution in [0, 0.1) is 25.7 Å². The minimum atomic E-state index is 0.386. The number of benzene rings is 2. The van der Waals surface area contributed by atoms with Crippen molar-refractivity contribution in [3.8, 4) is 17.6 Å². The van der Waals surface area contributed by atoms with Crippen LogP contribution in [0.2, 0.25) is 0 Å². The van der Waals surface area contributed by atoms with E-state index in [1.165, 1.54) is 11.1 Å². The van der Waals surface area contributed by atoms with Gasteiger partial charge in [0, 0.05) is 5.56 Å². The van der Waals surface area contributed by atoms with Crippen molar-refractivity contribution in [1.29, 1.82) is 0 Å². The van der Waals surface area contributed by atoms with Crippen molar-refractivity contribution in [3.05, 3.63) is 64.7 Å².